The van der Waals surface area contributed by atoms with E-state index in [0.717, 1.165) is 36.7 Å². The number of nitrogens with two attached hydrogens (primary N) is 1. The fraction of sp³-hybridized carbons (Fsp3) is 0.639. The molecule has 0 aromatic rings. The molecule has 2 aliphatic heterocycles. The molecule has 20 heteroatoms. The topological polar surface area (TPSA) is 231 Å². The zero-order valence-electron chi connectivity index (χ0n) is 30.7. The molecule has 16 nitrogen and oxygen atoms in total. The van der Waals surface area contributed by atoms with Crippen LogP contribution in [0.15, 0.2) is 24.3 Å². The van der Waals surface area contributed by atoms with Crippen molar-refractivity contribution in [3.63, 3.8) is 0 Å². The van der Waals surface area contributed by atoms with Gasteiger partial charge in [-0.25, -0.2) is 4.79 Å². The molecule has 318 valence electrons. The average Bonchev–Trinajstić information content (AvgIpc) is 3.58. The van der Waals surface area contributed by atoms with Crippen molar-refractivity contribution in [2.75, 3.05) is 26.2 Å². The van der Waals surface area contributed by atoms with Crippen LogP contribution in [-0.2, 0) is 66.7 Å². The predicted octanol–water partition coefficient (Wildman–Crippen LogP) is 4.20. The van der Waals surface area contributed by atoms with Crippen LogP contribution in [0.2, 0.25) is 0 Å². The van der Waals surface area contributed by atoms with Crippen LogP contribution >= 0.6 is 14.1 Å². The lowest BCUT2D eigenvalue weighted by Gasteiger charge is -2.22. The minimum absolute atomic E-state index is 0. The lowest BCUT2D eigenvalue weighted by Crippen LogP contribution is -2.42. The third kappa shape index (κ3) is 27.8. The summed E-state index contributed by atoms with van der Waals surface area (Å²) in [7, 11) is 1.74. The van der Waals surface area contributed by atoms with Gasteiger partial charge >= 0.3 is 6.09 Å². The molecule has 0 unspecified atom stereocenters. The Hall–Kier alpha value is -3.69. The van der Waals surface area contributed by atoms with Gasteiger partial charge in [-0.2, -0.15) is 0 Å². The fourth-order valence-electron chi connectivity index (χ4n) is 4.35. The zero-order chi connectivity index (χ0) is 40.6. The normalized spacial score (nSPS) is 13.8. The van der Waals surface area contributed by atoms with Crippen molar-refractivity contribution >= 4 is 90.8 Å². The summed E-state index contributed by atoms with van der Waals surface area (Å²) >= 11 is 8.82. The largest absolute Gasteiger partial charge is 0.444 e. The van der Waals surface area contributed by atoms with Crippen molar-refractivity contribution in [3.05, 3.63) is 24.3 Å². The van der Waals surface area contributed by atoms with E-state index < -0.39 is 35.6 Å². The molecule has 0 bridgehead atoms. The van der Waals surface area contributed by atoms with Crippen molar-refractivity contribution in [1.82, 2.24) is 25.8 Å². The summed E-state index contributed by atoms with van der Waals surface area (Å²) in [5, 5.41) is 7.97. The number of carbonyl (C=O) groups is 9. The third-order valence-electron chi connectivity index (χ3n) is 7.17. The first-order chi connectivity index (χ1) is 24.8. The molecule has 0 fully saturated rings. The van der Waals surface area contributed by atoms with E-state index in [1.165, 1.54) is 38.2 Å². The van der Waals surface area contributed by atoms with Crippen LogP contribution in [0.3, 0.4) is 0 Å². The van der Waals surface area contributed by atoms with E-state index in [0.29, 0.717) is 38.8 Å². The second-order valence-electron chi connectivity index (χ2n) is 12.7. The standard InChI is InChI=1S/C19H29N3O6.C14H21N3O4.3CH4.P2S2/c1-13(23)14(21-18(27)28-19(2,3)4)7-5-6-11-20-15(24)10-12-22-16(25)8-9-17(22)26;1-10(18)11(15)4-2-3-8-16-12(19)7-9-17-13(20)5-6-14(17)21;;;;3-1-2-4/h8-9,14H,5-7,10-12H2,1-4H3,(H,20,24)(H,21,27);5-6,11H,2-4,7-9,15H2,1H3,(H,16,19);3*1H4;/t14-;11-;;;;/m11..../s1. The summed E-state index contributed by atoms with van der Waals surface area (Å²) in [6, 6.07) is -1.06. The number of amides is 7. The van der Waals surface area contributed by atoms with Gasteiger partial charge in [-0.15, -0.1) is 0 Å². The molecule has 0 saturated heterocycles. The Kier molecular flexibility index (Phi) is 34.1. The van der Waals surface area contributed by atoms with Crippen LogP contribution in [0, 0.1) is 0 Å². The van der Waals surface area contributed by atoms with Crippen molar-refractivity contribution in [2.24, 2.45) is 5.73 Å². The number of nitrogens with zero attached hydrogens (tertiary/aromatic N) is 2. The Labute approximate surface area is 345 Å². The number of hydrogen-bond acceptors (Lipinski definition) is 13. The van der Waals surface area contributed by atoms with Crippen LogP contribution < -0.4 is 21.7 Å². The van der Waals surface area contributed by atoms with Gasteiger partial charge in [-0.1, -0.05) is 22.3 Å². The number of hydrogen-bond donors (Lipinski definition) is 4. The van der Waals surface area contributed by atoms with Gasteiger partial charge < -0.3 is 26.4 Å². The molecule has 2 heterocycles. The van der Waals surface area contributed by atoms with E-state index in [1.807, 2.05) is 0 Å². The van der Waals surface area contributed by atoms with Gasteiger partial charge in [0.2, 0.25) is 11.8 Å². The quantitative estimate of drug-likeness (QED) is 0.0765. The van der Waals surface area contributed by atoms with E-state index in [1.54, 1.807) is 20.8 Å². The van der Waals surface area contributed by atoms with Gasteiger partial charge in [0.25, 0.3) is 23.6 Å². The number of carbonyl (C=O) groups excluding carboxylic acids is 9. The minimum atomic E-state index is -0.643. The monoisotopic (exact) mass is 864 g/mol. The number of unbranched alkanes of at least 4 members (excludes halogenated alkanes) is 2. The minimum Gasteiger partial charge on any atom is -0.444 e. The fourth-order valence-corrected chi connectivity index (χ4v) is 4.35. The van der Waals surface area contributed by atoms with Gasteiger partial charge in [-0.05, 0) is 96.8 Å². The lowest BCUT2D eigenvalue weighted by atomic mass is 10.1. The lowest BCUT2D eigenvalue weighted by molar-refractivity contribution is -0.139. The molecular formula is C36H62N6O10P2S2. The molecular weight excluding hydrogens is 803 g/mol. The number of imide groups is 2. The number of nitrogens with one attached hydrogen (secondary N) is 3. The van der Waals surface area contributed by atoms with Crippen molar-refractivity contribution in [2.45, 2.75) is 126 Å². The molecule has 0 aromatic heterocycles. The van der Waals surface area contributed by atoms with Gasteiger partial charge in [-0.3, -0.25) is 48.2 Å². The average molecular weight is 865 g/mol. The first-order valence-corrected chi connectivity index (χ1v) is 21.4. The molecule has 2 aliphatic rings. The molecule has 0 radical (unpaired) electrons. The van der Waals surface area contributed by atoms with Gasteiger partial charge in [0.15, 0.2) is 5.78 Å². The molecule has 0 aromatic carbocycles. The zero-order valence-corrected chi connectivity index (χ0v) is 34.1. The molecule has 0 saturated carbocycles. The molecule has 7 amide bonds. The molecule has 56 heavy (non-hydrogen) atoms. The van der Waals surface area contributed by atoms with E-state index in [9.17, 15) is 43.2 Å². The van der Waals surface area contributed by atoms with E-state index in [2.05, 4.69) is 39.6 Å². The Morgan fingerprint density at radius 2 is 1.07 bits per heavy atom. The van der Waals surface area contributed by atoms with Gasteiger partial charge in [0.1, 0.15) is 11.4 Å². The van der Waals surface area contributed by atoms with E-state index >= 15 is 0 Å². The maximum absolute atomic E-state index is 11.8. The summed E-state index contributed by atoms with van der Waals surface area (Å²) in [5.41, 5.74) is 4.95. The summed E-state index contributed by atoms with van der Waals surface area (Å²) in [6.07, 6.45) is 8.00. The first-order valence-electron chi connectivity index (χ1n) is 16.8. The van der Waals surface area contributed by atoms with Crippen LogP contribution in [0.5, 0.6) is 0 Å². The first kappa shape index (κ1) is 59.0. The van der Waals surface area contributed by atoms with E-state index in [-0.39, 0.29) is 83.4 Å². The maximum atomic E-state index is 11.8. The molecule has 0 spiro atoms. The van der Waals surface area contributed by atoms with Crippen LogP contribution in [0.1, 0.15) is 108 Å². The second kappa shape index (κ2) is 32.4. The smallest absolute Gasteiger partial charge is 0.408 e. The number of Topliss-reactive ketones (excluding diaryl/α,β-unsaturated/α-hetero) is 2. The Balaban J connectivity index is -0.000000431. The number of ketones is 2. The molecule has 0 aliphatic carbocycles. The van der Waals surface area contributed by atoms with Gasteiger partial charge in [0, 0.05) is 77.4 Å². The van der Waals surface area contributed by atoms with Crippen LogP contribution in [-0.4, -0.2) is 107 Å². The Bertz CT molecular complexity index is 1380. The molecule has 2 atom stereocenters. The van der Waals surface area contributed by atoms with Crippen LogP contribution in [0.25, 0.3) is 0 Å². The Morgan fingerprint density at radius 3 is 1.39 bits per heavy atom. The van der Waals surface area contributed by atoms with Crippen molar-refractivity contribution in [1.29, 1.82) is 0 Å². The molecule has 2 rings (SSSR count). The summed E-state index contributed by atoms with van der Waals surface area (Å²) in [5.74, 6) is -2.26. The SMILES string of the molecule is C.C.C.CC(=O)[C@@H](CCCCNC(=O)CCN1C(=O)C=CC1=O)NC(=O)OC(C)(C)C.CC(=O)[C@H](N)CCCCNC(=O)CCN1C(=O)C=CC1=O.S=PP=S. The number of alkyl carbamates (subject to hydrolysis) is 1. The second-order valence-corrected chi connectivity index (χ2v) is 17.0. The maximum Gasteiger partial charge on any atom is 0.408 e. The third-order valence-corrected chi connectivity index (χ3v) is 9.84. The predicted molar refractivity (Wildman–Crippen MR) is 226 cm³/mol. The van der Waals surface area contributed by atoms with Crippen LogP contribution in [0.4, 0.5) is 4.79 Å². The summed E-state index contributed by atoms with van der Waals surface area (Å²) in [6.45, 7) is 9.11. The van der Waals surface area contributed by atoms with E-state index in [4.69, 9.17) is 10.5 Å². The number of rotatable bonds is 20. The number of ether oxygens (including phenoxy) is 1. The highest BCUT2D eigenvalue weighted by Gasteiger charge is 2.25. The highest BCUT2D eigenvalue weighted by molar-refractivity contribution is 8.40. The van der Waals surface area contributed by atoms with Gasteiger partial charge in [0.05, 0.1) is 12.1 Å². The molecule has 5 N–H and O–H groups in total. The van der Waals surface area contributed by atoms with Crippen molar-refractivity contribution in [3.8, 4) is 0 Å². The highest BCUT2D eigenvalue weighted by atomic mass is 32.7. The summed E-state index contributed by atoms with van der Waals surface area (Å²) < 4.78 is 5.15. The Morgan fingerprint density at radius 1 is 0.696 bits per heavy atom. The highest BCUT2D eigenvalue weighted by Crippen LogP contribution is 2.11. The van der Waals surface area contributed by atoms with Crippen molar-refractivity contribution < 1.29 is 47.9 Å². The summed E-state index contributed by atoms with van der Waals surface area (Å²) in [4.78, 5) is 105.